The molecule has 1 aliphatic carbocycles. The summed E-state index contributed by atoms with van der Waals surface area (Å²) < 4.78 is 61.5. The van der Waals surface area contributed by atoms with E-state index in [2.05, 4.69) is 10.3 Å². The molecule has 0 spiro atoms. The van der Waals surface area contributed by atoms with Crippen molar-refractivity contribution in [2.45, 2.75) is 43.3 Å². The number of aromatic nitrogens is 1. The first-order chi connectivity index (χ1) is 20.5. The number of ether oxygens (including phenoxy) is 1. The SMILES string of the molecule is N#Cc1ccnc(N2C(=O)OCC[C@H]2C(=O)N(c2cc(F)cc(F)c2)C(C(=O)NC2CC(F)(F)C2)c2ccccc2Cl)c1. The summed E-state index contributed by atoms with van der Waals surface area (Å²) in [5.41, 5.74) is -0.260. The van der Waals surface area contributed by atoms with Gasteiger partial charge in [0.15, 0.2) is 0 Å². The molecule has 43 heavy (non-hydrogen) atoms. The van der Waals surface area contributed by atoms with Crippen LogP contribution in [0.3, 0.4) is 0 Å². The van der Waals surface area contributed by atoms with Crippen molar-refractivity contribution in [1.29, 1.82) is 5.26 Å². The molecule has 1 unspecified atom stereocenters. The molecular formula is C29H22ClF4N5O4. The monoisotopic (exact) mass is 615 g/mol. The second-order valence-electron chi connectivity index (χ2n) is 10.0. The number of rotatable bonds is 7. The molecule has 1 aliphatic heterocycles. The van der Waals surface area contributed by atoms with Crippen LogP contribution in [0.4, 0.5) is 33.9 Å². The summed E-state index contributed by atoms with van der Waals surface area (Å²) in [6, 6.07) is 8.52. The molecule has 1 saturated heterocycles. The number of alkyl halides is 2. The summed E-state index contributed by atoms with van der Waals surface area (Å²) in [5.74, 6) is -7.18. The van der Waals surface area contributed by atoms with Gasteiger partial charge in [0, 0.05) is 48.2 Å². The van der Waals surface area contributed by atoms with Gasteiger partial charge in [-0.25, -0.2) is 32.2 Å². The Balaban J connectivity index is 1.65. The maximum absolute atomic E-state index is 14.6. The number of hydrogen-bond donors (Lipinski definition) is 1. The molecule has 2 aliphatic rings. The van der Waals surface area contributed by atoms with Gasteiger partial charge < -0.3 is 10.1 Å². The van der Waals surface area contributed by atoms with Crippen LogP contribution in [0.15, 0.2) is 60.8 Å². The van der Waals surface area contributed by atoms with E-state index in [1.807, 2.05) is 6.07 Å². The van der Waals surface area contributed by atoms with Crippen molar-refractivity contribution in [2.24, 2.45) is 0 Å². The highest BCUT2D eigenvalue weighted by molar-refractivity contribution is 6.31. The average Bonchev–Trinajstić information content (AvgIpc) is 2.94. The van der Waals surface area contributed by atoms with Crippen LogP contribution in [0.5, 0.6) is 0 Å². The van der Waals surface area contributed by atoms with E-state index in [9.17, 15) is 37.2 Å². The number of carbonyl (C=O) groups excluding carboxylic acids is 3. The third kappa shape index (κ3) is 6.24. The molecule has 1 aromatic heterocycles. The van der Waals surface area contributed by atoms with Crippen LogP contribution in [-0.4, -0.2) is 47.5 Å². The van der Waals surface area contributed by atoms with Crippen LogP contribution in [0.2, 0.25) is 5.02 Å². The predicted molar refractivity (Wildman–Crippen MR) is 145 cm³/mol. The van der Waals surface area contributed by atoms with Crippen LogP contribution in [-0.2, 0) is 14.3 Å². The van der Waals surface area contributed by atoms with E-state index in [0.717, 1.165) is 21.9 Å². The highest BCUT2D eigenvalue weighted by atomic mass is 35.5. The zero-order chi connectivity index (χ0) is 30.9. The fourth-order valence-corrected chi connectivity index (χ4v) is 5.31. The number of benzene rings is 2. The molecule has 2 atom stereocenters. The fourth-order valence-electron chi connectivity index (χ4n) is 5.07. The summed E-state index contributed by atoms with van der Waals surface area (Å²) >= 11 is 6.45. The van der Waals surface area contributed by atoms with Crippen LogP contribution < -0.4 is 15.1 Å². The highest BCUT2D eigenvalue weighted by Gasteiger charge is 2.48. The molecule has 0 bridgehead atoms. The first kappa shape index (κ1) is 29.8. The molecule has 3 amide bonds. The summed E-state index contributed by atoms with van der Waals surface area (Å²) in [7, 11) is 0. The molecular weight excluding hydrogens is 594 g/mol. The zero-order valence-electron chi connectivity index (χ0n) is 22.1. The van der Waals surface area contributed by atoms with E-state index >= 15 is 0 Å². The quantitative estimate of drug-likeness (QED) is 0.361. The third-order valence-corrected chi connectivity index (χ3v) is 7.38. The van der Waals surface area contributed by atoms with Gasteiger partial charge in [-0.2, -0.15) is 5.26 Å². The number of carbonyl (C=O) groups is 3. The predicted octanol–water partition coefficient (Wildman–Crippen LogP) is 5.29. The van der Waals surface area contributed by atoms with E-state index in [1.165, 1.54) is 36.5 Å². The van der Waals surface area contributed by atoms with Crippen LogP contribution >= 0.6 is 11.6 Å². The number of nitriles is 1. The van der Waals surface area contributed by atoms with E-state index in [0.29, 0.717) is 6.07 Å². The Morgan fingerprint density at radius 3 is 2.49 bits per heavy atom. The maximum atomic E-state index is 14.6. The van der Waals surface area contributed by atoms with Gasteiger partial charge in [-0.15, -0.1) is 0 Å². The summed E-state index contributed by atoms with van der Waals surface area (Å²) in [4.78, 5) is 47.1. The van der Waals surface area contributed by atoms with E-state index in [4.69, 9.17) is 16.3 Å². The average molecular weight is 616 g/mol. The number of cyclic esters (lactones) is 1. The molecule has 1 saturated carbocycles. The first-order valence-electron chi connectivity index (χ1n) is 13.0. The number of anilines is 2. The number of nitrogens with one attached hydrogen (secondary N) is 1. The van der Waals surface area contributed by atoms with Crippen molar-refractivity contribution >= 4 is 41.0 Å². The van der Waals surface area contributed by atoms with Crippen molar-refractivity contribution in [3.8, 4) is 6.07 Å². The Morgan fingerprint density at radius 2 is 1.84 bits per heavy atom. The minimum Gasteiger partial charge on any atom is -0.449 e. The molecule has 2 heterocycles. The lowest BCUT2D eigenvalue weighted by Gasteiger charge is -2.40. The molecule has 2 fully saturated rings. The first-order valence-corrected chi connectivity index (χ1v) is 13.4. The smallest absolute Gasteiger partial charge is 0.416 e. The third-order valence-electron chi connectivity index (χ3n) is 7.04. The minimum atomic E-state index is -2.98. The number of pyridine rings is 1. The molecule has 2 aromatic carbocycles. The molecule has 9 nitrogen and oxygen atoms in total. The Hall–Kier alpha value is -4.70. The van der Waals surface area contributed by atoms with Crippen LogP contribution in [0.1, 0.15) is 36.4 Å². The topological polar surface area (TPSA) is 116 Å². The second kappa shape index (κ2) is 11.9. The highest BCUT2D eigenvalue weighted by Crippen LogP contribution is 2.39. The largest absolute Gasteiger partial charge is 0.449 e. The number of amides is 3. The van der Waals surface area contributed by atoms with Gasteiger partial charge in [-0.05, 0) is 30.3 Å². The number of hydrogen-bond acceptors (Lipinski definition) is 6. The van der Waals surface area contributed by atoms with Gasteiger partial charge in [-0.1, -0.05) is 29.8 Å². The van der Waals surface area contributed by atoms with Gasteiger partial charge in [0.05, 0.1) is 23.9 Å². The Kier molecular flexibility index (Phi) is 8.23. The fraction of sp³-hybridized carbons (Fsp3) is 0.276. The van der Waals surface area contributed by atoms with Gasteiger partial charge >= 0.3 is 6.09 Å². The standard InChI is InChI=1S/C29H22ClF4N5O4/c30-22-4-2-1-3-21(22)25(26(40)37-19-13-29(33,34)14-19)38(20-11-17(31)10-18(32)12-20)27(41)23-6-8-43-28(42)39(23)24-9-16(15-35)5-7-36-24/h1-5,7,9-12,19,23,25H,6,8,13-14H2,(H,37,40)/t23-,25?/m0/s1. The Morgan fingerprint density at radius 1 is 1.14 bits per heavy atom. The van der Waals surface area contributed by atoms with E-state index in [-0.39, 0.29) is 35.0 Å². The maximum Gasteiger partial charge on any atom is 0.416 e. The van der Waals surface area contributed by atoms with Crippen molar-refractivity contribution < 1.29 is 36.7 Å². The van der Waals surface area contributed by atoms with Gasteiger partial charge in [0.1, 0.15) is 29.5 Å². The van der Waals surface area contributed by atoms with Gasteiger partial charge in [-0.3, -0.25) is 14.5 Å². The molecule has 0 radical (unpaired) electrons. The van der Waals surface area contributed by atoms with Gasteiger partial charge in [0.2, 0.25) is 5.91 Å². The van der Waals surface area contributed by atoms with Crippen LogP contribution in [0, 0.1) is 23.0 Å². The zero-order valence-corrected chi connectivity index (χ0v) is 22.9. The normalized spacial score (nSPS) is 18.6. The lowest BCUT2D eigenvalue weighted by Crippen LogP contribution is -2.58. The summed E-state index contributed by atoms with van der Waals surface area (Å²) in [6.07, 6.45) is -1.17. The number of halogens is 5. The van der Waals surface area contributed by atoms with Crippen molar-refractivity contribution in [3.05, 3.63) is 88.6 Å². The molecule has 5 rings (SSSR count). The van der Waals surface area contributed by atoms with Crippen molar-refractivity contribution in [1.82, 2.24) is 10.3 Å². The molecule has 14 heteroatoms. The summed E-state index contributed by atoms with van der Waals surface area (Å²) in [6.45, 7) is -0.227. The Labute approximate surface area is 247 Å². The lowest BCUT2D eigenvalue weighted by molar-refractivity contribution is -0.133. The van der Waals surface area contributed by atoms with Gasteiger partial charge in [0.25, 0.3) is 11.8 Å². The molecule has 1 N–H and O–H groups in total. The summed E-state index contributed by atoms with van der Waals surface area (Å²) in [5, 5.41) is 11.8. The molecule has 3 aromatic rings. The van der Waals surface area contributed by atoms with E-state index in [1.54, 1.807) is 6.07 Å². The van der Waals surface area contributed by atoms with Crippen molar-refractivity contribution in [2.75, 3.05) is 16.4 Å². The lowest BCUT2D eigenvalue weighted by atomic mass is 9.87. The Bertz CT molecular complexity index is 1610. The number of nitrogens with zero attached hydrogens (tertiary/aromatic N) is 4. The van der Waals surface area contributed by atoms with E-state index < -0.39 is 72.1 Å². The molecule has 222 valence electrons. The van der Waals surface area contributed by atoms with Crippen LogP contribution in [0.25, 0.3) is 0 Å². The second-order valence-corrected chi connectivity index (χ2v) is 10.4. The minimum absolute atomic E-state index is 0.000405. The van der Waals surface area contributed by atoms with Crippen molar-refractivity contribution in [3.63, 3.8) is 0 Å².